The Morgan fingerprint density at radius 2 is 2.25 bits per heavy atom. The van der Waals surface area contributed by atoms with Gasteiger partial charge in [0.05, 0.1) is 5.56 Å². The lowest BCUT2D eigenvalue weighted by atomic mass is 10.2. The summed E-state index contributed by atoms with van der Waals surface area (Å²) in [5.41, 5.74) is 0.511. The minimum atomic E-state index is -0.231. The number of amides is 1. The van der Waals surface area contributed by atoms with Gasteiger partial charge in [-0.1, -0.05) is 30.0 Å². The van der Waals surface area contributed by atoms with Crippen molar-refractivity contribution in [3.8, 4) is 0 Å². The van der Waals surface area contributed by atoms with Crippen LogP contribution in [0.5, 0.6) is 0 Å². The van der Waals surface area contributed by atoms with Crippen LogP contribution in [0.4, 0.5) is 10.9 Å². The van der Waals surface area contributed by atoms with Crippen LogP contribution in [0.1, 0.15) is 17.3 Å². The molecule has 0 fully saturated rings. The van der Waals surface area contributed by atoms with E-state index in [0.717, 1.165) is 10.1 Å². The van der Waals surface area contributed by atoms with Crippen molar-refractivity contribution in [3.63, 3.8) is 0 Å². The Labute approximate surface area is 125 Å². The number of nitrogens with one attached hydrogen (secondary N) is 1. The molecule has 0 aliphatic heterocycles. The maximum atomic E-state index is 12.3. The first-order valence-electron chi connectivity index (χ1n) is 6.01. The molecule has 0 atom stereocenters. The molecule has 0 saturated heterocycles. The number of thioether (sulfide) groups is 1. The Morgan fingerprint density at radius 1 is 1.45 bits per heavy atom. The number of carbonyl (C=O) groups excluding carboxylic acids is 1. The maximum absolute atomic E-state index is 12.3. The number of hydrogen-bond donors (Lipinski definition) is 1. The summed E-state index contributed by atoms with van der Waals surface area (Å²) in [5, 5.41) is 11.2. The highest BCUT2D eigenvalue weighted by molar-refractivity contribution is 8.01. The van der Waals surface area contributed by atoms with Gasteiger partial charge >= 0.3 is 0 Å². The lowest BCUT2D eigenvalue weighted by Gasteiger charge is -2.14. The zero-order valence-corrected chi connectivity index (χ0v) is 13.1. The summed E-state index contributed by atoms with van der Waals surface area (Å²) in [6, 6.07) is 3.47. The average Bonchev–Trinajstić information content (AvgIpc) is 2.86. The topological polar surface area (TPSA) is 71.0 Å². The second kappa shape index (κ2) is 6.67. The number of pyridine rings is 1. The molecule has 2 aromatic heterocycles. The van der Waals surface area contributed by atoms with E-state index < -0.39 is 0 Å². The number of hydrogen-bond acceptors (Lipinski definition) is 7. The van der Waals surface area contributed by atoms with Gasteiger partial charge in [-0.25, -0.2) is 4.98 Å². The van der Waals surface area contributed by atoms with Crippen LogP contribution in [0.15, 0.2) is 22.7 Å². The minimum absolute atomic E-state index is 0.231. The van der Waals surface area contributed by atoms with Crippen LogP contribution in [-0.4, -0.2) is 40.9 Å². The normalized spacial score (nSPS) is 10.3. The molecule has 1 N–H and O–H groups in total. The Bertz CT molecular complexity index is 599. The van der Waals surface area contributed by atoms with Crippen molar-refractivity contribution in [3.05, 3.63) is 23.9 Å². The summed E-state index contributed by atoms with van der Waals surface area (Å²) < 4.78 is 0.849. The first kappa shape index (κ1) is 14.7. The van der Waals surface area contributed by atoms with E-state index in [1.165, 1.54) is 11.3 Å². The van der Waals surface area contributed by atoms with Crippen LogP contribution in [0.2, 0.25) is 0 Å². The molecule has 0 saturated carbocycles. The molecule has 0 spiro atoms. The van der Waals surface area contributed by atoms with Crippen molar-refractivity contribution >= 4 is 40.0 Å². The van der Waals surface area contributed by atoms with E-state index in [1.54, 1.807) is 35.0 Å². The van der Waals surface area contributed by atoms with Gasteiger partial charge in [-0.3, -0.25) is 10.1 Å². The molecule has 0 aliphatic rings. The number of anilines is 2. The molecule has 6 nitrogen and oxygen atoms in total. The molecule has 0 aromatic carbocycles. The van der Waals surface area contributed by atoms with Crippen LogP contribution in [0.25, 0.3) is 0 Å². The van der Waals surface area contributed by atoms with E-state index in [2.05, 4.69) is 20.5 Å². The van der Waals surface area contributed by atoms with Gasteiger partial charge in [0.2, 0.25) is 5.13 Å². The fraction of sp³-hybridized carbons (Fsp3) is 0.333. The van der Waals surface area contributed by atoms with Crippen molar-refractivity contribution in [1.82, 2.24) is 15.2 Å². The quantitative estimate of drug-likeness (QED) is 0.675. The highest BCUT2D eigenvalue weighted by Crippen LogP contribution is 2.26. The van der Waals surface area contributed by atoms with Gasteiger partial charge < -0.3 is 4.90 Å². The van der Waals surface area contributed by atoms with Gasteiger partial charge in [0.1, 0.15) is 5.82 Å². The number of carbonyl (C=O) groups is 1. The largest absolute Gasteiger partial charge is 0.362 e. The Morgan fingerprint density at radius 3 is 2.95 bits per heavy atom. The third-order valence-electron chi connectivity index (χ3n) is 2.35. The van der Waals surface area contributed by atoms with Crippen LogP contribution in [0.3, 0.4) is 0 Å². The standard InChI is InChI=1S/C12H15N5OS2/c1-4-19-12-16-15-11(20-12)14-10(18)8-6-5-7-13-9(8)17(2)3/h5-7H,4H2,1-3H3,(H,14,15,18). The van der Waals surface area contributed by atoms with Crippen LogP contribution >= 0.6 is 23.1 Å². The smallest absolute Gasteiger partial charge is 0.261 e. The second-order valence-corrected chi connectivity index (χ2v) is 6.52. The van der Waals surface area contributed by atoms with Gasteiger partial charge in [0, 0.05) is 20.3 Å². The molecule has 1 amide bonds. The lowest BCUT2D eigenvalue weighted by molar-refractivity contribution is 0.102. The molecule has 20 heavy (non-hydrogen) atoms. The predicted octanol–water partition coefficient (Wildman–Crippen LogP) is 2.36. The van der Waals surface area contributed by atoms with Gasteiger partial charge in [-0.05, 0) is 17.9 Å². The molecule has 0 radical (unpaired) electrons. The van der Waals surface area contributed by atoms with Crippen LogP contribution in [0, 0.1) is 0 Å². The van der Waals surface area contributed by atoms with Crippen molar-refractivity contribution in [2.75, 3.05) is 30.1 Å². The molecular formula is C12H15N5OS2. The highest BCUT2D eigenvalue weighted by Gasteiger charge is 2.15. The molecule has 0 bridgehead atoms. The monoisotopic (exact) mass is 309 g/mol. The zero-order valence-electron chi connectivity index (χ0n) is 11.5. The number of aromatic nitrogens is 3. The zero-order chi connectivity index (χ0) is 14.5. The highest BCUT2D eigenvalue weighted by atomic mass is 32.2. The molecule has 0 aliphatic carbocycles. The molecule has 2 rings (SSSR count). The third kappa shape index (κ3) is 3.45. The maximum Gasteiger partial charge on any atom is 0.261 e. The van der Waals surface area contributed by atoms with E-state index in [9.17, 15) is 4.79 Å². The third-order valence-corrected chi connectivity index (χ3v) is 4.20. The average molecular weight is 309 g/mol. The van der Waals surface area contributed by atoms with E-state index >= 15 is 0 Å². The summed E-state index contributed by atoms with van der Waals surface area (Å²) in [4.78, 5) is 18.3. The molecule has 2 heterocycles. The Balaban J connectivity index is 2.15. The van der Waals surface area contributed by atoms with E-state index in [-0.39, 0.29) is 5.91 Å². The first-order chi connectivity index (χ1) is 9.61. The van der Waals surface area contributed by atoms with Crippen molar-refractivity contribution in [1.29, 1.82) is 0 Å². The van der Waals surface area contributed by atoms with E-state index in [4.69, 9.17) is 0 Å². The molecule has 0 unspecified atom stereocenters. The Kier molecular flexibility index (Phi) is 4.91. The number of nitrogens with zero attached hydrogens (tertiary/aromatic N) is 4. The van der Waals surface area contributed by atoms with Crippen molar-refractivity contribution in [2.24, 2.45) is 0 Å². The summed E-state index contributed by atoms with van der Waals surface area (Å²) in [7, 11) is 3.69. The summed E-state index contributed by atoms with van der Waals surface area (Å²) in [6.45, 7) is 2.04. The molecule has 106 valence electrons. The molecule has 2 aromatic rings. The summed E-state index contributed by atoms with van der Waals surface area (Å²) >= 11 is 2.97. The molecular weight excluding hydrogens is 294 g/mol. The fourth-order valence-electron chi connectivity index (χ4n) is 1.54. The second-order valence-electron chi connectivity index (χ2n) is 4.03. The summed E-state index contributed by atoms with van der Waals surface area (Å²) in [5.74, 6) is 1.32. The first-order valence-corrected chi connectivity index (χ1v) is 7.82. The van der Waals surface area contributed by atoms with Gasteiger partial charge in [0.15, 0.2) is 4.34 Å². The van der Waals surface area contributed by atoms with E-state index in [0.29, 0.717) is 16.5 Å². The summed E-state index contributed by atoms with van der Waals surface area (Å²) in [6.07, 6.45) is 1.66. The number of rotatable bonds is 5. The fourth-order valence-corrected chi connectivity index (χ4v) is 3.18. The van der Waals surface area contributed by atoms with Gasteiger partial charge in [0.25, 0.3) is 5.91 Å². The van der Waals surface area contributed by atoms with Gasteiger partial charge in [-0.2, -0.15) is 0 Å². The molecule has 8 heteroatoms. The van der Waals surface area contributed by atoms with Crippen LogP contribution < -0.4 is 10.2 Å². The Hall–Kier alpha value is -1.67. The van der Waals surface area contributed by atoms with Gasteiger partial charge in [-0.15, -0.1) is 10.2 Å². The van der Waals surface area contributed by atoms with Crippen molar-refractivity contribution < 1.29 is 4.79 Å². The lowest BCUT2D eigenvalue weighted by Crippen LogP contribution is -2.19. The van der Waals surface area contributed by atoms with Crippen molar-refractivity contribution in [2.45, 2.75) is 11.3 Å². The predicted molar refractivity (Wildman–Crippen MR) is 82.8 cm³/mol. The minimum Gasteiger partial charge on any atom is -0.362 e. The van der Waals surface area contributed by atoms with Crippen LogP contribution in [-0.2, 0) is 0 Å². The van der Waals surface area contributed by atoms with E-state index in [1.807, 2.05) is 21.0 Å². The SMILES string of the molecule is CCSc1nnc(NC(=O)c2cccnc2N(C)C)s1.